The number of nitrogens with two attached hydrogens (primary N) is 1. The Morgan fingerprint density at radius 2 is 2.00 bits per heavy atom. The van der Waals surface area contributed by atoms with E-state index in [4.69, 9.17) is 18.0 Å². The summed E-state index contributed by atoms with van der Waals surface area (Å²) in [7, 11) is 1.98. The van der Waals surface area contributed by atoms with Crippen molar-refractivity contribution in [3.63, 3.8) is 0 Å². The Kier molecular flexibility index (Phi) is 5.98. The third kappa shape index (κ3) is 5.17. The molecular weight excluding hydrogens is 299 g/mol. The lowest BCUT2D eigenvalue weighted by molar-refractivity contribution is -0.137. The second-order valence-corrected chi connectivity index (χ2v) is 5.56. The number of likely N-dealkylation sites (N-methyl/N-ethyl adjacent to an activating group) is 1. The van der Waals surface area contributed by atoms with Crippen LogP contribution >= 0.6 is 12.2 Å². The van der Waals surface area contributed by atoms with E-state index < -0.39 is 11.7 Å². The molecule has 0 aliphatic heterocycles. The number of nitrogens with zero attached hydrogens (tertiary/aromatic N) is 1. The summed E-state index contributed by atoms with van der Waals surface area (Å²) in [6, 6.07) is 3.77. The molecular formula is C14H20F3N3S. The van der Waals surface area contributed by atoms with Crippen molar-refractivity contribution in [2.75, 3.05) is 25.5 Å². The minimum Gasteiger partial charge on any atom is -0.389 e. The maximum absolute atomic E-state index is 12.7. The highest BCUT2D eigenvalue weighted by molar-refractivity contribution is 7.80. The number of hydrogen-bond donors (Lipinski definition) is 2. The standard InChI is InChI=1S/C14H20F3N3S/c1-9(2)20(3)7-6-19-12-5-4-10(14(15,16)17)8-11(12)13(18)21/h4-5,8-9,19H,6-7H2,1-3H3,(H2,18,21). The second-order valence-electron chi connectivity index (χ2n) is 5.12. The fourth-order valence-corrected chi connectivity index (χ4v) is 1.87. The molecule has 0 fully saturated rings. The van der Waals surface area contributed by atoms with Gasteiger partial charge in [0, 0.05) is 30.4 Å². The topological polar surface area (TPSA) is 41.3 Å². The molecule has 0 radical (unpaired) electrons. The molecule has 0 bridgehead atoms. The highest BCUT2D eigenvalue weighted by atomic mass is 32.1. The van der Waals surface area contributed by atoms with Gasteiger partial charge in [0.2, 0.25) is 0 Å². The molecule has 7 heteroatoms. The van der Waals surface area contributed by atoms with E-state index in [1.54, 1.807) is 0 Å². The molecule has 3 N–H and O–H groups in total. The fraction of sp³-hybridized carbons (Fsp3) is 0.500. The molecule has 1 rings (SSSR count). The Morgan fingerprint density at radius 3 is 2.48 bits per heavy atom. The van der Waals surface area contributed by atoms with Crippen LogP contribution in [0.1, 0.15) is 25.0 Å². The van der Waals surface area contributed by atoms with Gasteiger partial charge in [0.15, 0.2) is 0 Å². The summed E-state index contributed by atoms with van der Waals surface area (Å²) in [5.74, 6) is 0. The third-order valence-electron chi connectivity index (χ3n) is 3.27. The minimum atomic E-state index is -4.41. The average molecular weight is 319 g/mol. The Bertz CT molecular complexity index is 501. The van der Waals surface area contributed by atoms with E-state index >= 15 is 0 Å². The van der Waals surface area contributed by atoms with E-state index in [1.165, 1.54) is 6.07 Å². The number of nitrogens with one attached hydrogen (secondary N) is 1. The molecule has 0 saturated heterocycles. The van der Waals surface area contributed by atoms with Crippen molar-refractivity contribution in [3.8, 4) is 0 Å². The molecule has 1 aromatic rings. The lowest BCUT2D eigenvalue weighted by Crippen LogP contribution is -2.31. The number of anilines is 1. The van der Waals surface area contributed by atoms with Gasteiger partial charge >= 0.3 is 6.18 Å². The van der Waals surface area contributed by atoms with Crippen molar-refractivity contribution in [2.45, 2.75) is 26.1 Å². The van der Waals surface area contributed by atoms with Crippen LogP contribution in [0.2, 0.25) is 0 Å². The quantitative estimate of drug-likeness (QED) is 0.791. The summed E-state index contributed by atoms with van der Waals surface area (Å²) < 4.78 is 38.1. The molecule has 21 heavy (non-hydrogen) atoms. The molecule has 0 amide bonds. The van der Waals surface area contributed by atoms with Gasteiger partial charge in [-0.25, -0.2) is 0 Å². The van der Waals surface area contributed by atoms with Gasteiger partial charge in [-0.2, -0.15) is 13.2 Å². The van der Waals surface area contributed by atoms with Crippen molar-refractivity contribution in [2.24, 2.45) is 5.73 Å². The van der Waals surface area contributed by atoms with Crippen LogP contribution in [0, 0.1) is 0 Å². The van der Waals surface area contributed by atoms with Gasteiger partial charge in [-0.05, 0) is 39.1 Å². The molecule has 0 heterocycles. The van der Waals surface area contributed by atoms with Crippen molar-refractivity contribution in [3.05, 3.63) is 29.3 Å². The van der Waals surface area contributed by atoms with Gasteiger partial charge in [-0.15, -0.1) is 0 Å². The first-order valence-corrected chi connectivity index (χ1v) is 6.99. The van der Waals surface area contributed by atoms with Crippen LogP contribution in [-0.4, -0.2) is 36.1 Å². The number of benzene rings is 1. The van der Waals surface area contributed by atoms with Crippen molar-refractivity contribution >= 4 is 22.9 Å². The van der Waals surface area contributed by atoms with Gasteiger partial charge in [-0.3, -0.25) is 0 Å². The number of alkyl halides is 3. The monoisotopic (exact) mass is 319 g/mol. The van der Waals surface area contributed by atoms with Crippen molar-refractivity contribution < 1.29 is 13.2 Å². The van der Waals surface area contributed by atoms with E-state index in [0.29, 0.717) is 18.3 Å². The first-order chi connectivity index (χ1) is 9.62. The molecule has 0 aliphatic carbocycles. The Hall–Kier alpha value is -1.34. The first kappa shape index (κ1) is 17.7. The number of thiocarbonyl (C=S) groups is 1. The SMILES string of the molecule is CC(C)N(C)CCNc1ccc(C(F)(F)F)cc1C(N)=S. The summed E-state index contributed by atoms with van der Waals surface area (Å²) in [6.45, 7) is 5.49. The second kappa shape index (κ2) is 7.09. The third-order valence-corrected chi connectivity index (χ3v) is 3.49. The largest absolute Gasteiger partial charge is 0.416 e. The number of rotatable bonds is 6. The highest BCUT2D eigenvalue weighted by Gasteiger charge is 2.31. The smallest absolute Gasteiger partial charge is 0.389 e. The predicted octanol–water partition coefficient (Wildman–Crippen LogP) is 3.09. The summed E-state index contributed by atoms with van der Waals surface area (Å²) in [6.07, 6.45) is -4.41. The first-order valence-electron chi connectivity index (χ1n) is 6.58. The van der Waals surface area contributed by atoms with E-state index in [-0.39, 0.29) is 10.6 Å². The maximum atomic E-state index is 12.7. The van der Waals surface area contributed by atoms with Gasteiger partial charge in [-0.1, -0.05) is 12.2 Å². The zero-order valence-electron chi connectivity index (χ0n) is 12.3. The molecule has 0 spiro atoms. The molecule has 0 atom stereocenters. The fourth-order valence-electron chi connectivity index (χ4n) is 1.70. The van der Waals surface area contributed by atoms with Crippen LogP contribution in [0.4, 0.5) is 18.9 Å². The van der Waals surface area contributed by atoms with Crippen LogP contribution in [0.15, 0.2) is 18.2 Å². The van der Waals surface area contributed by atoms with Gasteiger partial charge in [0.25, 0.3) is 0 Å². The van der Waals surface area contributed by atoms with Gasteiger partial charge < -0.3 is 16.0 Å². The average Bonchev–Trinajstić information content (AvgIpc) is 2.37. The van der Waals surface area contributed by atoms with E-state index in [0.717, 1.165) is 18.7 Å². The Balaban J connectivity index is 2.85. The van der Waals surface area contributed by atoms with E-state index in [1.807, 2.05) is 7.05 Å². The zero-order chi connectivity index (χ0) is 16.2. The molecule has 0 aromatic heterocycles. The van der Waals surface area contributed by atoms with Crippen LogP contribution in [-0.2, 0) is 6.18 Å². The van der Waals surface area contributed by atoms with Crippen LogP contribution < -0.4 is 11.1 Å². The summed E-state index contributed by atoms with van der Waals surface area (Å²) >= 11 is 4.84. The van der Waals surface area contributed by atoms with Crippen molar-refractivity contribution in [1.29, 1.82) is 0 Å². The summed E-state index contributed by atoms with van der Waals surface area (Å²) in [5.41, 5.74) is 5.50. The lowest BCUT2D eigenvalue weighted by Gasteiger charge is -2.22. The van der Waals surface area contributed by atoms with Gasteiger partial charge in [0.1, 0.15) is 4.99 Å². The van der Waals surface area contributed by atoms with Crippen LogP contribution in [0.5, 0.6) is 0 Å². The molecule has 1 aromatic carbocycles. The van der Waals surface area contributed by atoms with E-state index in [2.05, 4.69) is 24.1 Å². The summed E-state index contributed by atoms with van der Waals surface area (Å²) in [5, 5.41) is 3.08. The van der Waals surface area contributed by atoms with E-state index in [9.17, 15) is 13.2 Å². The number of hydrogen-bond acceptors (Lipinski definition) is 3. The molecule has 118 valence electrons. The van der Waals surface area contributed by atoms with Crippen molar-refractivity contribution in [1.82, 2.24) is 4.90 Å². The normalized spacial score (nSPS) is 12.0. The number of halogens is 3. The van der Waals surface area contributed by atoms with Crippen LogP contribution in [0.3, 0.4) is 0 Å². The van der Waals surface area contributed by atoms with Gasteiger partial charge in [0.05, 0.1) is 5.56 Å². The maximum Gasteiger partial charge on any atom is 0.416 e. The lowest BCUT2D eigenvalue weighted by atomic mass is 10.1. The molecule has 0 aliphatic rings. The molecule has 3 nitrogen and oxygen atoms in total. The minimum absolute atomic E-state index is 0.0548. The molecule has 0 unspecified atom stereocenters. The highest BCUT2D eigenvalue weighted by Crippen LogP contribution is 2.31. The van der Waals surface area contributed by atoms with Crippen LogP contribution in [0.25, 0.3) is 0 Å². The summed E-state index contributed by atoms with van der Waals surface area (Å²) in [4.78, 5) is 2.07. The zero-order valence-corrected chi connectivity index (χ0v) is 13.1. The Labute approximate surface area is 128 Å². The Morgan fingerprint density at radius 1 is 1.38 bits per heavy atom. The predicted molar refractivity (Wildman–Crippen MR) is 83.6 cm³/mol. The molecule has 0 saturated carbocycles.